The number of rotatable bonds is 14. The van der Waals surface area contributed by atoms with Gasteiger partial charge in [-0.3, -0.25) is 0 Å². The molecule has 27 heavy (non-hydrogen) atoms. The molecule has 3 nitrogen and oxygen atoms in total. The molecule has 0 aliphatic heterocycles. The van der Waals surface area contributed by atoms with Crippen LogP contribution < -0.4 is 0 Å². The van der Waals surface area contributed by atoms with Crippen molar-refractivity contribution in [1.82, 2.24) is 0 Å². The quantitative estimate of drug-likeness (QED) is 0.209. The number of aliphatic hydroxyl groups excluding tert-OH is 1. The van der Waals surface area contributed by atoms with Crippen molar-refractivity contribution in [2.24, 2.45) is 11.8 Å². The van der Waals surface area contributed by atoms with Gasteiger partial charge in [-0.2, -0.15) is 0 Å². The molecule has 0 amide bonds. The standard InChI is InChI=1S/C14H24O2.C10H20O/c1-5-7-14(15)16-11-10-13(4)9-6-8-12(2)3;1-9(2)5-4-6-10(3)7-8-11/h5,7,13H,2,6,8-11H2,1,3-4H3;10-11H,1,4-8H2,2-3H3/b7-5+;. The predicted octanol–water partition coefficient (Wildman–Crippen LogP) is 6.63. The third kappa shape index (κ3) is 24.6. The average Bonchev–Trinajstić information content (AvgIpc) is 2.55. The Kier molecular flexibility index (Phi) is 20.0. The highest BCUT2D eigenvalue weighted by molar-refractivity contribution is 5.81. The van der Waals surface area contributed by atoms with Gasteiger partial charge in [0.1, 0.15) is 0 Å². The number of aliphatic hydroxyl groups is 1. The van der Waals surface area contributed by atoms with Crippen molar-refractivity contribution < 1.29 is 14.6 Å². The van der Waals surface area contributed by atoms with Crippen molar-refractivity contribution in [3.8, 4) is 0 Å². The average molecular weight is 381 g/mol. The first kappa shape index (κ1) is 27.9. The summed E-state index contributed by atoms with van der Waals surface area (Å²) >= 11 is 0. The molecule has 1 N–H and O–H groups in total. The smallest absolute Gasteiger partial charge is 0.330 e. The van der Waals surface area contributed by atoms with Crippen LogP contribution in [0.2, 0.25) is 0 Å². The highest BCUT2D eigenvalue weighted by atomic mass is 16.5. The Labute approximate surface area is 168 Å². The monoisotopic (exact) mass is 380 g/mol. The van der Waals surface area contributed by atoms with Crippen LogP contribution >= 0.6 is 0 Å². The first-order chi connectivity index (χ1) is 12.7. The summed E-state index contributed by atoms with van der Waals surface area (Å²) in [6.07, 6.45) is 12.1. The molecule has 0 fully saturated rings. The Balaban J connectivity index is 0. The molecule has 158 valence electrons. The second-order valence-electron chi connectivity index (χ2n) is 7.88. The fraction of sp³-hybridized carbons (Fsp3) is 0.708. The lowest BCUT2D eigenvalue weighted by molar-refractivity contribution is -0.138. The van der Waals surface area contributed by atoms with E-state index in [2.05, 4.69) is 40.9 Å². The topological polar surface area (TPSA) is 46.5 Å². The Hall–Kier alpha value is -1.35. The zero-order valence-corrected chi connectivity index (χ0v) is 18.6. The Morgan fingerprint density at radius 1 is 0.963 bits per heavy atom. The minimum atomic E-state index is -0.239. The van der Waals surface area contributed by atoms with Crippen LogP contribution in [0, 0.1) is 11.8 Å². The fourth-order valence-corrected chi connectivity index (χ4v) is 2.56. The number of hydrogen-bond donors (Lipinski definition) is 1. The van der Waals surface area contributed by atoms with Gasteiger partial charge in [0.15, 0.2) is 0 Å². The Morgan fingerprint density at radius 3 is 1.85 bits per heavy atom. The Morgan fingerprint density at radius 2 is 1.44 bits per heavy atom. The molecule has 0 aromatic heterocycles. The van der Waals surface area contributed by atoms with E-state index >= 15 is 0 Å². The van der Waals surface area contributed by atoms with Gasteiger partial charge in [0.05, 0.1) is 6.61 Å². The van der Waals surface area contributed by atoms with E-state index < -0.39 is 0 Å². The number of ether oxygens (including phenoxy) is 1. The van der Waals surface area contributed by atoms with E-state index in [1.807, 2.05) is 6.92 Å². The van der Waals surface area contributed by atoms with Crippen LogP contribution in [0.1, 0.15) is 86.0 Å². The molecule has 0 aliphatic rings. The molecule has 2 unspecified atom stereocenters. The zero-order chi connectivity index (χ0) is 21.1. The molecular weight excluding hydrogens is 336 g/mol. The molecule has 0 spiro atoms. The van der Waals surface area contributed by atoms with E-state index in [9.17, 15) is 4.79 Å². The third-order valence-electron chi connectivity index (χ3n) is 4.38. The van der Waals surface area contributed by atoms with Crippen LogP contribution in [-0.4, -0.2) is 24.3 Å². The van der Waals surface area contributed by atoms with Crippen LogP contribution in [-0.2, 0) is 9.53 Å². The van der Waals surface area contributed by atoms with Gasteiger partial charge in [0, 0.05) is 12.7 Å². The molecule has 0 aromatic rings. The normalized spacial score (nSPS) is 12.8. The highest BCUT2D eigenvalue weighted by Crippen LogP contribution is 2.14. The molecule has 0 saturated carbocycles. The highest BCUT2D eigenvalue weighted by Gasteiger charge is 2.04. The van der Waals surface area contributed by atoms with Gasteiger partial charge in [-0.05, 0) is 71.1 Å². The molecule has 0 aliphatic carbocycles. The lowest BCUT2D eigenvalue weighted by atomic mass is 9.99. The maximum atomic E-state index is 11.0. The van der Waals surface area contributed by atoms with Gasteiger partial charge >= 0.3 is 5.97 Å². The molecule has 2 atom stereocenters. The molecular formula is C24H44O3. The first-order valence-electron chi connectivity index (χ1n) is 10.4. The number of esters is 1. The Bertz CT molecular complexity index is 423. The van der Waals surface area contributed by atoms with E-state index in [-0.39, 0.29) is 5.97 Å². The number of hydrogen-bond acceptors (Lipinski definition) is 3. The van der Waals surface area contributed by atoms with Crippen molar-refractivity contribution in [1.29, 1.82) is 0 Å². The minimum absolute atomic E-state index is 0.239. The fourth-order valence-electron chi connectivity index (χ4n) is 2.56. The largest absolute Gasteiger partial charge is 0.463 e. The van der Waals surface area contributed by atoms with E-state index in [1.165, 1.54) is 42.9 Å². The van der Waals surface area contributed by atoms with Crippen molar-refractivity contribution in [2.45, 2.75) is 86.0 Å². The molecule has 0 bridgehead atoms. The van der Waals surface area contributed by atoms with E-state index in [0.29, 0.717) is 25.0 Å². The van der Waals surface area contributed by atoms with E-state index in [4.69, 9.17) is 9.84 Å². The number of carbonyl (C=O) groups is 1. The van der Waals surface area contributed by atoms with Crippen LogP contribution in [0.5, 0.6) is 0 Å². The van der Waals surface area contributed by atoms with Gasteiger partial charge in [0.2, 0.25) is 0 Å². The van der Waals surface area contributed by atoms with Gasteiger partial charge in [-0.1, -0.05) is 43.9 Å². The third-order valence-corrected chi connectivity index (χ3v) is 4.38. The maximum Gasteiger partial charge on any atom is 0.330 e. The van der Waals surface area contributed by atoms with E-state index in [0.717, 1.165) is 25.7 Å². The lowest BCUT2D eigenvalue weighted by Crippen LogP contribution is -2.06. The van der Waals surface area contributed by atoms with Crippen LogP contribution in [0.3, 0.4) is 0 Å². The number of carbonyl (C=O) groups excluding carboxylic acids is 1. The second kappa shape index (κ2) is 19.4. The first-order valence-corrected chi connectivity index (χ1v) is 10.4. The molecule has 0 heterocycles. The van der Waals surface area contributed by atoms with Crippen LogP contribution in [0.25, 0.3) is 0 Å². The van der Waals surface area contributed by atoms with Gasteiger partial charge < -0.3 is 9.84 Å². The van der Waals surface area contributed by atoms with Crippen molar-refractivity contribution in [2.75, 3.05) is 13.2 Å². The summed E-state index contributed by atoms with van der Waals surface area (Å²) in [7, 11) is 0. The zero-order valence-electron chi connectivity index (χ0n) is 18.6. The summed E-state index contributed by atoms with van der Waals surface area (Å²) in [5.74, 6) is 1.04. The molecule has 3 heteroatoms. The summed E-state index contributed by atoms with van der Waals surface area (Å²) in [6.45, 7) is 18.9. The van der Waals surface area contributed by atoms with Crippen molar-refractivity contribution in [3.63, 3.8) is 0 Å². The predicted molar refractivity (Wildman–Crippen MR) is 118 cm³/mol. The summed E-state index contributed by atoms with van der Waals surface area (Å²) in [4.78, 5) is 11.0. The molecule has 0 radical (unpaired) electrons. The van der Waals surface area contributed by atoms with Gasteiger partial charge in [-0.15, -0.1) is 13.2 Å². The summed E-state index contributed by atoms with van der Waals surface area (Å²) in [5, 5.41) is 8.63. The lowest BCUT2D eigenvalue weighted by Gasteiger charge is -2.10. The van der Waals surface area contributed by atoms with Crippen molar-refractivity contribution >= 4 is 5.97 Å². The minimum Gasteiger partial charge on any atom is -0.463 e. The van der Waals surface area contributed by atoms with E-state index in [1.54, 1.807) is 6.08 Å². The number of allylic oxidation sites excluding steroid dienone is 3. The molecule has 0 aromatic carbocycles. The molecule has 0 rings (SSSR count). The van der Waals surface area contributed by atoms with Crippen LogP contribution in [0.15, 0.2) is 36.5 Å². The van der Waals surface area contributed by atoms with Crippen LogP contribution in [0.4, 0.5) is 0 Å². The second-order valence-corrected chi connectivity index (χ2v) is 7.88. The maximum absolute atomic E-state index is 11.0. The summed E-state index contributed by atoms with van der Waals surface area (Å²) in [6, 6.07) is 0. The molecule has 0 saturated heterocycles. The summed E-state index contributed by atoms with van der Waals surface area (Å²) in [5.41, 5.74) is 2.51. The SMILES string of the molecule is C=C(C)CCCC(C)CCO.C=C(C)CCCC(C)CCOC(=O)/C=C/C. The van der Waals surface area contributed by atoms with Gasteiger partial charge in [-0.25, -0.2) is 4.79 Å². The summed E-state index contributed by atoms with van der Waals surface area (Å²) < 4.78 is 5.04. The van der Waals surface area contributed by atoms with Gasteiger partial charge in [0.25, 0.3) is 0 Å². The van der Waals surface area contributed by atoms with Crippen molar-refractivity contribution in [3.05, 3.63) is 36.5 Å².